The van der Waals surface area contributed by atoms with Gasteiger partial charge in [-0.2, -0.15) is 0 Å². The van der Waals surface area contributed by atoms with Gasteiger partial charge < -0.3 is 10.3 Å². The van der Waals surface area contributed by atoms with Gasteiger partial charge in [0, 0.05) is 43.9 Å². The molecule has 1 fully saturated rings. The monoisotopic (exact) mass is 341 g/mol. The number of hydrogen-bond acceptors (Lipinski definition) is 2. The molecule has 1 aromatic carbocycles. The highest BCUT2D eigenvalue weighted by Crippen LogP contribution is 2.28. The van der Waals surface area contributed by atoms with Crippen molar-refractivity contribution in [2.24, 2.45) is 0 Å². The van der Waals surface area contributed by atoms with E-state index in [1.54, 1.807) is 0 Å². The average molecular weight is 342 g/mol. The number of hydrogen-bond donors (Lipinski definition) is 2. The number of nitrogens with one attached hydrogen (secondary N) is 2. The number of rotatable bonds is 5. The average Bonchev–Trinajstić information content (AvgIpc) is 2.96. The molecule has 0 saturated carbocycles. The zero-order valence-corrected chi connectivity index (χ0v) is 14.4. The molecule has 1 atom stereocenters. The predicted octanol–water partition coefficient (Wildman–Crippen LogP) is 3.92. The van der Waals surface area contributed by atoms with Crippen LogP contribution in [0.15, 0.2) is 43.1 Å². The van der Waals surface area contributed by atoms with E-state index in [9.17, 15) is 0 Å². The third-order valence-corrected chi connectivity index (χ3v) is 4.20. The van der Waals surface area contributed by atoms with Gasteiger partial charge in [0.2, 0.25) is 0 Å². The largest absolute Gasteiger partial charge is 0.361 e. The Hall–Kier alpha value is -1.00. The second kappa shape index (κ2) is 9.21. The molecule has 1 aliphatic heterocycles. The van der Waals surface area contributed by atoms with Gasteiger partial charge in [0.1, 0.15) is 0 Å². The molecule has 0 radical (unpaired) electrons. The maximum atomic E-state index is 3.88. The van der Waals surface area contributed by atoms with Gasteiger partial charge >= 0.3 is 0 Å². The first-order valence-corrected chi connectivity index (χ1v) is 7.51. The van der Waals surface area contributed by atoms with Crippen LogP contribution in [0.5, 0.6) is 0 Å². The maximum absolute atomic E-state index is 3.88. The lowest BCUT2D eigenvalue weighted by Gasteiger charge is -2.35. The van der Waals surface area contributed by atoms with Crippen LogP contribution in [-0.2, 0) is 0 Å². The van der Waals surface area contributed by atoms with Crippen LogP contribution < -0.4 is 5.32 Å². The maximum Gasteiger partial charge on any atom is 0.0457 e. The predicted molar refractivity (Wildman–Crippen MR) is 99.4 cm³/mol. The number of fused-ring (bicyclic) bond motifs is 1. The molecule has 1 saturated heterocycles. The fourth-order valence-electron chi connectivity index (χ4n) is 3.10. The van der Waals surface area contributed by atoms with E-state index in [4.69, 9.17) is 0 Å². The van der Waals surface area contributed by atoms with Crippen molar-refractivity contribution >= 4 is 35.7 Å². The molecule has 0 amide bonds. The summed E-state index contributed by atoms with van der Waals surface area (Å²) in [6, 6.07) is 9.45. The number of H-pyrrole nitrogens is 1. The minimum absolute atomic E-state index is 0. The lowest BCUT2D eigenvalue weighted by atomic mass is 9.98. The van der Waals surface area contributed by atoms with Crippen molar-refractivity contribution < 1.29 is 0 Å². The van der Waals surface area contributed by atoms with Crippen LogP contribution in [0.2, 0.25) is 0 Å². The topological polar surface area (TPSA) is 31.1 Å². The fraction of sp³-hybridized carbons (Fsp3) is 0.412. The van der Waals surface area contributed by atoms with E-state index in [1.165, 1.54) is 16.5 Å². The van der Waals surface area contributed by atoms with Crippen LogP contribution in [0.25, 0.3) is 10.9 Å². The van der Waals surface area contributed by atoms with Crippen LogP contribution in [0.3, 0.4) is 0 Å². The molecule has 3 nitrogen and oxygen atoms in total. The number of halogens is 2. The molecule has 2 N–H and O–H groups in total. The Morgan fingerprint density at radius 3 is 2.68 bits per heavy atom. The van der Waals surface area contributed by atoms with Crippen molar-refractivity contribution in [1.29, 1.82) is 0 Å². The van der Waals surface area contributed by atoms with E-state index in [-0.39, 0.29) is 24.8 Å². The molecule has 0 spiro atoms. The van der Waals surface area contributed by atoms with E-state index < -0.39 is 0 Å². The Labute approximate surface area is 145 Å². The van der Waals surface area contributed by atoms with Gasteiger partial charge in [0.05, 0.1) is 0 Å². The number of piperazine rings is 1. The highest BCUT2D eigenvalue weighted by molar-refractivity contribution is 5.85. The minimum Gasteiger partial charge on any atom is -0.361 e. The van der Waals surface area contributed by atoms with Crippen LogP contribution in [0.1, 0.15) is 24.4 Å². The van der Waals surface area contributed by atoms with Crippen LogP contribution >= 0.6 is 24.8 Å². The number of nitrogens with zero attached hydrogens (tertiary/aromatic N) is 1. The number of aromatic nitrogens is 1. The number of benzene rings is 1. The normalized spacial score (nSPS) is 16.5. The summed E-state index contributed by atoms with van der Waals surface area (Å²) in [7, 11) is 0. The van der Waals surface area contributed by atoms with Crippen molar-refractivity contribution in [1.82, 2.24) is 15.2 Å². The summed E-state index contributed by atoms with van der Waals surface area (Å²) >= 11 is 0. The standard InChI is InChI=1S/C17H23N3.2ClH/c1-2-3-4-17(20-11-9-18-10-12-20)15-6-5-14-7-8-19-16(14)13-15;;/h2,5-8,13,17-19H,1,3-4,9-12H2;2*1H/t17-;;/m1../s1. The van der Waals surface area contributed by atoms with Gasteiger partial charge in [0.25, 0.3) is 0 Å². The molecule has 5 heteroatoms. The van der Waals surface area contributed by atoms with Crippen LogP contribution in [0.4, 0.5) is 0 Å². The molecule has 122 valence electrons. The molecule has 1 aromatic heterocycles. The van der Waals surface area contributed by atoms with E-state index in [0.717, 1.165) is 39.0 Å². The zero-order chi connectivity index (χ0) is 13.8. The second-order valence-corrected chi connectivity index (χ2v) is 5.49. The Morgan fingerprint density at radius 1 is 1.18 bits per heavy atom. The van der Waals surface area contributed by atoms with Gasteiger partial charge in [-0.1, -0.05) is 18.2 Å². The van der Waals surface area contributed by atoms with Crippen molar-refractivity contribution in [3.8, 4) is 0 Å². The van der Waals surface area contributed by atoms with Gasteiger partial charge in [0.15, 0.2) is 0 Å². The summed E-state index contributed by atoms with van der Waals surface area (Å²) in [5.74, 6) is 0. The lowest BCUT2D eigenvalue weighted by molar-refractivity contribution is 0.166. The third-order valence-electron chi connectivity index (χ3n) is 4.20. The summed E-state index contributed by atoms with van der Waals surface area (Å²) in [5.41, 5.74) is 2.66. The number of aromatic amines is 1. The van der Waals surface area contributed by atoms with Gasteiger partial charge in [-0.25, -0.2) is 0 Å². The Kier molecular flexibility index (Phi) is 7.97. The molecule has 2 aromatic rings. The summed E-state index contributed by atoms with van der Waals surface area (Å²) in [6.07, 6.45) is 6.26. The molecule has 0 unspecified atom stereocenters. The second-order valence-electron chi connectivity index (χ2n) is 5.49. The van der Waals surface area contributed by atoms with Crippen LogP contribution in [0, 0.1) is 0 Å². The first kappa shape index (κ1) is 19.0. The highest BCUT2D eigenvalue weighted by atomic mass is 35.5. The smallest absolute Gasteiger partial charge is 0.0457 e. The lowest BCUT2D eigenvalue weighted by Crippen LogP contribution is -2.45. The third kappa shape index (κ3) is 4.26. The molecular formula is C17H25Cl2N3. The van der Waals surface area contributed by atoms with Crippen LogP contribution in [-0.4, -0.2) is 36.1 Å². The summed E-state index contributed by atoms with van der Waals surface area (Å²) < 4.78 is 0. The molecule has 1 aliphatic rings. The summed E-state index contributed by atoms with van der Waals surface area (Å²) in [4.78, 5) is 5.92. The van der Waals surface area contributed by atoms with Gasteiger partial charge in [-0.15, -0.1) is 31.4 Å². The molecule has 3 rings (SSSR count). The fourth-order valence-corrected chi connectivity index (χ4v) is 3.10. The Balaban J connectivity index is 0.00000121. The Bertz CT molecular complexity index is 576. The van der Waals surface area contributed by atoms with Crippen molar-refractivity contribution in [2.45, 2.75) is 18.9 Å². The van der Waals surface area contributed by atoms with Crippen molar-refractivity contribution in [2.75, 3.05) is 26.2 Å². The van der Waals surface area contributed by atoms with Gasteiger partial charge in [-0.3, -0.25) is 4.90 Å². The quantitative estimate of drug-likeness (QED) is 0.807. The molecule has 2 heterocycles. The van der Waals surface area contributed by atoms with E-state index in [2.05, 4.69) is 46.0 Å². The van der Waals surface area contributed by atoms with Gasteiger partial charge in [-0.05, 0) is 35.9 Å². The summed E-state index contributed by atoms with van der Waals surface area (Å²) in [5, 5.41) is 4.72. The van der Waals surface area contributed by atoms with Crippen molar-refractivity contribution in [3.63, 3.8) is 0 Å². The van der Waals surface area contributed by atoms with E-state index in [0.29, 0.717) is 6.04 Å². The first-order valence-electron chi connectivity index (χ1n) is 7.51. The molecule has 22 heavy (non-hydrogen) atoms. The zero-order valence-electron chi connectivity index (χ0n) is 12.8. The van der Waals surface area contributed by atoms with Crippen molar-refractivity contribution in [3.05, 3.63) is 48.7 Å². The first-order chi connectivity index (χ1) is 9.88. The Morgan fingerprint density at radius 2 is 1.95 bits per heavy atom. The molecule has 0 aliphatic carbocycles. The molecule has 0 bridgehead atoms. The number of allylic oxidation sites excluding steroid dienone is 1. The highest BCUT2D eigenvalue weighted by Gasteiger charge is 2.21. The minimum atomic E-state index is 0. The SMILES string of the molecule is C=CCC[C@H](c1ccc2cc[nH]c2c1)N1CCNCC1.Cl.Cl. The summed E-state index contributed by atoms with van der Waals surface area (Å²) in [6.45, 7) is 8.32. The van der Waals surface area contributed by atoms with E-state index >= 15 is 0 Å². The molecular weight excluding hydrogens is 317 g/mol. The van der Waals surface area contributed by atoms with E-state index in [1.807, 2.05) is 12.3 Å².